The molecule has 0 radical (unpaired) electrons. The van der Waals surface area contributed by atoms with Crippen molar-refractivity contribution >= 4 is 29.3 Å². The third-order valence-electron chi connectivity index (χ3n) is 9.33. The molecular formula is C29H32F2N10O5. The monoisotopic (exact) mass is 638 g/mol. The second-order valence-electron chi connectivity index (χ2n) is 12.1. The molecular weight excluding hydrogens is 606 g/mol. The maximum Gasteiger partial charge on any atom is 0.262 e. The highest BCUT2D eigenvalue weighted by Crippen LogP contribution is 2.47. The number of carbonyl (C=O) groups excluding carboxylic acids is 4. The van der Waals surface area contributed by atoms with Crippen molar-refractivity contribution in [3.05, 3.63) is 46.4 Å². The van der Waals surface area contributed by atoms with Gasteiger partial charge in [0.15, 0.2) is 5.82 Å². The lowest BCUT2D eigenvalue weighted by molar-refractivity contribution is -0.136. The first-order valence-electron chi connectivity index (χ1n) is 15.0. The number of aromatic nitrogens is 6. The summed E-state index contributed by atoms with van der Waals surface area (Å²) in [6.45, 7) is 3.94. The molecule has 1 aliphatic carbocycles. The summed E-state index contributed by atoms with van der Waals surface area (Å²) in [5.41, 5.74) is 2.60. The number of alkyl halides is 2. The van der Waals surface area contributed by atoms with Crippen molar-refractivity contribution < 1.29 is 32.7 Å². The predicted octanol–water partition coefficient (Wildman–Crippen LogP) is 1.01. The Morgan fingerprint density at radius 2 is 1.76 bits per heavy atom. The summed E-state index contributed by atoms with van der Waals surface area (Å²) in [4.78, 5) is 55.8. The summed E-state index contributed by atoms with van der Waals surface area (Å²) >= 11 is 0. The number of amides is 4. The Bertz CT molecular complexity index is 1760. The van der Waals surface area contributed by atoms with E-state index in [1.807, 2.05) is 6.92 Å². The number of nitrogens with one attached hydrogen (secondary N) is 1. The van der Waals surface area contributed by atoms with Crippen LogP contribution in [0.4, 0.5) is 14.5 Å². The molecule has 1 N–H and O–H groups in total. The van der Waals surface area contributed by atoms with Gasteiger partial charge in [0, 0.05) is 58.2 Å². The average Bonchev–Trinajstić information content (AvgIpc) is 3.67. The van der Waals surface area contributed by atoms with Crippen LogP contribution in [0.5, 0.6) is 5.88 Å². The number of piperidine rings is 1. The number of methoxy groups -OCH3 is 1. The maximum atomic E-state index is 13.9. The number of tetrazole rings is 1. The molecule has 7 rings (SSSR count). The van der Waals surface area contributed by atoms with E-state index in [-0.39, 0.29) is 36.8 Å². The Morgan fingerprint density at radius 3 is 2.43 bits per heavy atom. The van der Waals surface area contributed by atoms with Gasteiger partial charge in [-0.05, 0) is 42.0 Å². The summed E-state index contributed by atoms with van der Waals surface area (Å²) in [6.07, 6.45) is -0.547. The number of halogens is 2. The smallest absolute Gasteiger partial charge is 0.262 e. The first-order valence-corrected chi connectivity index (χ1v) is 15.0. The maximum absolute atomic E-state index is 13.9. The zero-order valence-corrected chi connectivity index (χ0v) is 25.4. The number of ether oxygens (including phenoxy) is 1. The number of hydrogen-bond donors (Lipinski definition) is 1. The van der Waals surface area contributed by atoms with Gasteiger partial charge in [-0.15, -0.1) is 5.10 Å². The van der Waals surface area contributed by atoms with Gasteiger partial charge in [0.25, 0.3) is 17.7 Å². The second kappa shape index (κ2) is 10.9. The average molecular weight is 639 g/mol. The number of piperazine rings is 1. The Kier molecular flexibility index (Phi) is 7.10. The highest BCUT2D eigenvalue weighted by molar-refractivity contribution is 6.23. The molecule has 15 nitrogen and oxygen atoms in total. The molecule has 242 valence electrons. The van der Waals surface area contributed by atoms with Crippen LogP contribution in [0, 0.1) is 6.92 Å². The second-order valence-corrected chi connectivity index (χ2v) is 12.1. The van der Waals surface area contributed by atoms with Gasteiger partial charge in [0.1, 0.15) is 12.1 Å². The Hall–Kier alpha value is -4.80. The number of rotatable bonds is 7. The standard InChI is InChI=1S/C29H32F2N10O5/c1-15-22(28(46-3)37(2)34-15)23(24-33-35-36-41(24)17-13-29(30,31)14-17)39-10-8-38(9-11-39)16-4-5-18-19(12-16)27(45)40(26(18)44)20-6-7-21(42)32-25(20)43/h4-5,12,17,20,23H,6-11,13-14H2,1-3H3,(H,32,42,43). The lowest BCUT2D eigenvalue weighted by Gasteiger charge is -2.41. The van der Waals surface area contributed by atoms with Gasteiger partial charge in [-0.1, -0.05) is 0 Å². The third kappa shape index (κ3) is 4.80. The largest absolute Gasteiger partial charge is 0.481 e. The number of fused-ring (bicyclic) bond motifs is 1. The van der Waals surface area contributed by atoms with Crippen LogP contribution in [0.2, 0.25) is 0 Å². The minimum atomic E-state index is -2.75. The summed E-state index contributed by atoms with van der Waals surface area (Å²) < 4.78 is 36.5. The molecule has 0 spiro atoms. The first-order chi connectivity index (χ1) is 22.0. The van der Waals surface area contributed by atoms with Gasteiger partial charge >= 0.3 is 0 Å². The molecule has 3 aliphatic heterocycles. The molecule has 17 heteroatoms. The van der Waals surface area contributed by atoms with Gasteiger partial charge in [0.2, 0.25) is 17.7 Å². The molecule has 3 fully saturated rings. The fourth-order valence-electron chi connectivity index (χ4n) is 7.02. The minimum Gasteiger partial charge on any atom is -0.481 e. The van der Waals surface area contributed by atoms with Crippen LogP contribution in [0.3, 0.4) is 0 Å². The quantitative estimate of drug-likeness (QED) is 0.368. The summed E-state index contributed by atoms with van der Waals surface area (Å²) in [5.74, 6) is -4.02. The molecule has 0 bridgehead atoms. The van der Waals surface area contributed by atoms with E-state index in [2.05, 4.69) is 35.7 Å². The number of aryl methyl sites for hydroxylation is 2. The van der Waals surface area contributed by atoms with Gasteiger partial charge < -0.3 is 9.64 Å². The van der Waals surface area contributed by atoms with Crippen LogP contribution in [0.15, 0.2) is 18.2 Å². The van der Waals surface area contributed by atoms with E-state index in [4.69, 9.17) is 4.74 Å². The highest BCUT2D eigenvalue weighted by Gasteiger charge is 2.49. The zero-order valence-electron chi connectivity index (χ0n) is 25.4. The van der Waals surface area contributed by atoms with Crippen molar-refractivity contribution in [2.24, 2.45) is 7.05 Å². The summed E-state index contributed by atoms with van der Waals surface area (Å²) in [7, 11) is 3.31. The van der Waals surface area contributed by atoms with Crippen LogP contribution in [-0.4, -0.2) is 109 Å². The topological polar surface area (TPSA) is 161 Å². The summed E-state index contributed by atoms with van der Waals surface area (Å²) in [6, 6.07) is 2.94. The van der Waals surface area contributed by atoms with Gasteiger partial charge in [-0.2, -0.15) is 5.10 Å². The normalized spacial score (nSPS) is 22.6. The van der Waals surface area contributed by atoms with Crippen LogP contribution in [0.25, 0.3) is 0 Å². The number of carbonyl (C=O) groups is 4. The number of nitrogens with zero attached hydrogens (tertiary/aromatic N) is 9. The molecule has 5 heterocycles. The van der Waals surface area contributed by atoms with E-state index in [1.165, 1.54) is 4.68 Å². The molecule has 2 unspecified atom stereocenters. The fraction of sp³-hybridized carbons (Fsp3) is 0.517. The van der Waals surface area contributed by atoms with E-state index in [9.17, 15) is 28.0 Å². The van der Waals surface area contributed by atoms with E-state index < -0.39 is 47.7 Å². The van der Waals surface area contributed by atoms with E-state index >= 15 is 0 Å². The van der Waals surface area contributed by atoms with Crippen LogP contribution < -0.4 is 15.0 Å². The third-order valence-corrected chi connectivity index (χ3v) is 9.33. The minimum absolute atomic E-state index is 0.0459. The number of benzene rings is 1. The van der Waals surface area contributed by atoms with Gasteiger partial charge in [0.05, 0.1) is 35.5 Å². The molecule has 1 saturated carbocycles. The zero-order chi connectivity index (χ0) is 32.5. The molecule has 2 aromatic heterocycles. The number of imide groups is 2. The van der Waals surface area contributed by atoms with Crippen molar-refractivity contribution in [2.75, 3.05) is 38.2 Å². The lowest BCUT2D eigenvalue weighted by Crippen LogP contribution is -2.54. The molecule has 4 aliphatic rings. The van der Waals surface area contributed by atoms with Crippen molar-refractivity contribution in [2.45, 2.75) is 56.7 Å². The van der Waals surface area contributed by atoms with E-state index in [0.717, 1.165) is 16.2 Å². The molecule has 3 aromatic rings. The highest BCUT2D eigenvalue weighted by atomic mass is 19.3. The van der Waals surface area contributed by atoms with Crippen LogP contribution in [0.1, 0.15) is 75.6 Å². The van der Waals surface area contributed by atoms with Gasteiger partial charge in [-0.3, -0.25) is 34.3 Å². The van der Waals surface area contributed by atoms with E-state index in [0.29, 0.717) is 43.6 Å². The molecule has 1 aromatic carbocycles. The van der Waals surface area contributed by atoms with Crippen molar-refractivity contribution in [3.63, 3.8) is 0 Å². The molecule has 2 atom stereocenters. The van der Waals surface area contributed by atoms with Crippen LogP contribution >= 0.6 is 0 Å². The Morgan fingerprint density at radius 1 is 1.04 bits per heavy atom. The number of hydrogen-bond acceptors (Lipinski definition) is 11. The Balaban J connectivity index is 1.13. The fourth-order valence-corrected chi connectivity index (χ4v) is 7.02. The first kappa shape index (κ1) is 29.9. The van der Waals surface area contributed by atoms with E-state index in [1.54, 1.807) is 37.0 Å². The molecule has 46 heavy (non-hydrogen) atoms. The number of anilines is 1. The lowest BCUT2D eigenvalue weighted by atomic mass is 9.88. The van der Waals surface area contributed by atoms with Crippen molar-refractivity contribution in [3.8, 4) is 5.88 Å². The van der Waals surface area contributed by atoms with Crippen molar-refractivity contribution in [1.82, 2.24) is 45.1 Å². The molecule has 4 amide bonds. The molecule has 2 saturated heterocycles. The van der Waals surface area contributed by atoms with Crippen LogP contribution in [-0.2, 0) is 16.6 Å². The Labute approximate surface area is 261 Å². The van der Waals surface area contributed by atoms with Crippen molar-refractivity contribution in [1.29, 1.82) is 0 Å². The SMILES string of the molecule is COc1c(C(c2nnnn2C2CC(F)(F)C2)N2CCN(c3ccc4c(c3)C(=O)N(C3CCC(=O)NC3=O)C4=O)CC2)c(C)nn1C. The predicted molar refractivity (Wildman–Crippen MR) is 154 cm³/mol. The summed E-state index contributed by atoms with van der Waals surface area (Å²) in [5, 5.41) is 19.1. The van der Waals surface area contributed by atoms with Gasteiger partial charge in [-0.25, -0.2) is 18.1 Å².